The van der Waals surface area contributed by atoms with Crippen molar-refractivity contribution in [1.82, 2.24) is 9.80 Å². The quantitative estimate of drug-likeness (QED) is 0.777. The molecule has 1 fully saturated rings. The number of urea groups is 1. The standard InChI is InChI=1S/C12H18N2OS/c1-8(2)14-7-10(13(4)12(14)15)11-9(3)5-6-16-11/h5-6,8,10H,7H2,1-4H3. The van der Waals surface area contributed by atoms with Crippen LogP contribution in [0.15, 0.2) is 11.4 Å². The highest BCUT2D eigenvalue weighted by Gasteiger charge is 2.37. The van der Waals surface area contributed by atoms with Gasteiger partial charge in [-0.15, -0.1) is 11.3 Å². The number of aryl methyl sites for hydroxylation is 1. The van der Waals surface area contributed by atoms with Gasteiger partial charge in [0.15, 0.2) is 0 Å². The maximum Gasteiger partial charge on any atom is 0.320 e. The smallest absolute Gasteiger partial charge is 0.320 e. The Bertz CT molecular complexity index is 399. The summed E-state index contributed by atoms with van der Waals surface area (Å²) in [5.41, 5.74) is 1.29. The van der Waals surface area contributed by atoms with Gasteiger partial charge in [-0.3, -0.25) is 0 Å². The molecular formula is C12H18N2OS. The van der Waals surface area contributed by atoms with E-state index in [0.717, 1.165) is 6.54 Å². The molecule has 0 saturated carbocycles. The third kappa shape index (κ3) is 1.71. The van der Waals surface area contributed by atoms with Crippen molar-refractivity contribution in [3.05, 3.63) is 21.9 Å². The van der Waals surface area contributed by atoms with Crippen molar-refractivity contribution in [3.8, 4) is 0 Å². The summed E-state index contributed by atoms with van der Waals surface area (Å²) in [6.07, 6.45) is 0. The zero-order valence-corrected chi connectivity index (χ0v) is 11.0. The number of hydrogen-bond donors (Lipinski definition) is 0. The molecule has 0 aromatic carbocycles. The third-order valence-electron chi connectivity index (χ3n) is 3.21. The lowest BCUT2D eigenvalue weighted by Crippen LogP contribution is -2.34. The molecule has 0 bridgehead atoms. The van der Waals surface area contributed by atoms with Crippen LogP contribution in [0.1, 0.15) is 30.3 Å². The molecule has 0 spiro atoms. The fourth-order valence-corrected chi connectivity index (χ4v) is 3.20. The van der Waals surface area contributed by atoms with Gasteiger partial charge in [0.2, 0.25) is 0 Å². The summed E-state index contributed by atoms with van der Waals surface area (Å²) in [5, 5.41) is 2.10. The van der Waals surface area contributed by atoms with Crippen LogP contribution in [0.3, 0.4) is 0 Å². The van der Waals surface area contributed by atoms with E-state index in [1.807, 2.05) is 16.8 Å². The summed E-state index contributed by atoms with van der Waals surface area (Å²) in [7, 11) is 1.90. The van der Waals surface area contributed by atoms with Gasteiger partial charge in [0, 0.05) is 24.5 Å². The van der Waals surface area contributed by atoms with E-state index in [0.29, 0.717) is 0 Å². The van der Waals surface area contributed by atoms with E-state index in [2.05, 4.69) is 32.2 Å². The minimum atomic E-state index is 0.146. The maximum atomic E-state index is 12.0. The molecule has 16 heavy (non-hydrogen) atoms. The largest absolute Gasteiger partial charge is 0.320 e. The van der Waals surface area contributed by atoms with E-state index >= 15 is 0 Å². The summed E-state index contributed by atoms with van der Waals surface area (Å²) in [4.78, 5) is 17.1. The van der Waals surface area contributed by atoms with Gasteiger partial charge in [-0.2, -0.15) is 0 Å². The van der Waals surface area contributed by atoms with Crippen molar-refractivity contribution in [2.75, 3.05) is 13.6 Å². The summed E-state index contributed by atoms with van der Waals surface area (Å²) >= 11 is 1.75. The summed E-state index contributed by atoms with van der Waals surface area (Å²) in [6.45, 7) is 7.06. The minimum Gasteiger partial charge on any atom is -0.320 e. The van der Waals surface area contributed by atoms with E-state index in [1.54, 1.807) is 11.3 Å². The van der Waals surface area contributed by atoms with Crippen LogP contribution >= 0.6 is 11.3 Å². The molecule has 2 heterocycles. The van der Waals surface area contributed by atoms with Gasteiger partial charge in [0.25, 0.3) is 0 Å². The molecule has 0 radical (unpaired) electrons. The molecule has 1 unspecified atom stereocenters. The predicted octanol–water partition coefficient (Wildman–Crippen LogP) is 2.87. The molecule has 1 aliphatic heterocycles. The fourth-order valence-electron chi connectivity index (χ4n) is 2.14. The second-order valence-electron chi connectivity index (χ2n) is 4.62. The van der Waals surface area contributed by atoms with Crippen LogP contribution in [0.5, 0.6) is 0 Å². The molecule has 1 aromatic heterocycles. The number of rotatable bonds is 2. The highest BCUT2D eigenvalue weighted by molar-refractivity contribution is 7.10. The highest BCUT2D eigenvalue weighted by atomic mass is 32.1. The van der Waals surface area contributed by atoms with Crippen LogP contribution in [0.2, 0.25) is 0 Å². The number of amides is 2. The molecule has 2 rings (SSSR count). The average Bonchev–Trinajstić information content (AvgIpc) is 2.74. The van der Waals surface area contributed by atoms with Gasteiger partial charge in [-0.05, 0) is 37.8 Å². The Kier molecular flexibility index (Phi) is 2.93. The van der Waals surface area contributed by atoms with E-state index in [4.69, 9.17) is 0 Å². The average molecular weight is 238 g/mol. The Morgan fingerprint density at radius 2 is 2.19 bits per heavy atom. The summed E-state index contributed by atoms with van der Waals surface area (Å²) in [6, 6.07) is 2.78. The Morgan fingerprint density at radius 1 is 1.50 bits per heavy atom. The number of carbonyl (C=O) groups is 1. The van der Waals surface area contributed by atoms with Gasteiger partial charge in [0.05, 0.1) is 6.04 Å². The lowest BCUT2D eigenvalue weighted by Gasteiger charge is -2.19. The zero-order valence-electron chi connectivity index (χ0n) is 10.2. The molecule has 1 aromatic rings. The normalized spacial score (nSPS) is 21.3. The van der Waals surface area contributed by atoms with Crippen molar-refractivity contribution in [2.45, 2.75) is 32.9 Å². The molecule has 3 nitrogen and oxygen atoms in total. The lowest BCUT2D eigenvalue weighted by atomic mass is 10.1. The van der Waals surface area contributed by atoms with Crippen LogP contribution < -0.4 is 0 Å². The maximum absolute atomic E-state index is 12.0. The van der Waals surface area contributed by atoms with Crippen LogP contribution in [-0.4, -0.2) is 35.5 Å². The highest BCUT2D eigenvalue weighted by Crippen LogP contribution is 2.34. The van der Waals surface area contributed by atoms with Crippen LogP contribution in [-0.2, 0) is 0 Å². The number of hydrogen-bond acceptors (Lipinski definition) is 2. The van der Waals surface area contributed by atoms with Gasteiger partial charge in [0.1, 0.15) is 0 Å². The Labute approximate surface area is 101 Å². The Balaban J connectivity index is 2.26. The number of likely N-dealkylation sites (N-methyl/N-ethyl adjacent to an activating group) is 1. The van der Waals surface area contributed by atoms with Gasteiger partial charge in [-0.1, -0.05) is 0 Å². The molecule has 0 aliphatic carbocycles. The third-order valence-corrected chi connectivity index (χ3v) is 4.33. The molecule has 2 amide bonds. The molecule has 0 N–H and O–H groups in total. The number of carbonyl (C=O) groups excluding carboxylic acids is 1. The van der Waals surface area contributed by atoms with Gasteiger partial charge in [-0.25, -0.2) is 4.79 Å². The predicted molar refractivity (Wildman–Crippen MR) is 66.8 cm³/mol. The minimum absolute atomic E-state index is 0.146. The SMILES string of the molecule is Cc1ccsc1C1CN(C(C)C)C(=O)N1C. The van der Waals surface area contributed by atoms with Crippen molar-refractivity contribution in [1.29, 1.82) is 0 Å². The Morgan fingerprint density at radius 3 is 2.62 bits per heavy atom. The van der Waals surface area contributed by atoms with Crippen LogP contribution in [0, 0.1) is 6.92 Å². The van der Waals surface area contributed by atoms with Crippen LogP contribution in [0.4, 0.5) is 4.79 Å². The van der Waals surface area contributed by atoms with E-state index < -0.39 is 0 Å². The fraction of sp³-hybridized carbons (Fsp3) is 0.583. The van der Waals surface area contributed by atoms with Gasteiger partial charge >= 0.3 is 6.03 Å². The van der Waals surface area contributed by atoms with Gasteiger partial charge < -0.3 is 9.80 Å². The zero-order chi connectivity index (χ0) is 11.9. The summed E-state index contributed by atoms with van der Waals surface area (Å²) < 4.78 is 0. The first-order chi connectivity index (χ1) is 7.52. The molecule has 1 saturated heterocycles. The first-order valence-corrected chi connectivity index (χ1v) is 6.47. The second-order valence-corrected chi connectivity index (χ2v) is 5.57. The molecular weight excluding hydrogens is 220 g/mol. The van der Waals surface area contributed by atoms with E-state index in [9.17, 15) is 4.79 Å². The lowest BCUT2D eigenvalue weighted by molar-refractivity contribution is 0.187. The molecule has 1 atom stereocenters. The first-order valence-electron chi connectivity index (χ1n) is 5.59. The monoisotopic (exact) mass is 238 g/mol. The van der Waals surface area contributed by atoms with E-state index in [-0.39, 0.29) is 18.1 Å². The molecule has 1 aliphatic rings. The topological polar surface area (TPSA) is 23.6 Å². The van der Waals surface area contributed by atoms with Crippen molar-refractivity contribution < 1.29 is 4.79 Å². The van der Waals surface area contributed by atoms with Crippen molar-refractivity contribution in [3.63, 3.8) is 0 Å². The van der Waals surface area contributed by atoms with Crippen molar-refractivity contribution in [2.24, 2.45) is 0 Å². The van der Waals surface area contributed by atoms with Crippen molar-refractivity contribution >= 4 is 17.4 Å². The number of thiophene rings is 1. The molecule has 88 valence electrons. The summed E-state index contributed by atoms with van der Waals surface area (Å²) in [5.74, 6) is 0. The second kappa shape index (κ2) is 4.09. The van der Waals surface area contributed by atoms with E-state index in [1.165, 1.54) is 10.4 Å². The first kappa shape index (κ1) is 11.5. The number of nitrogens with zero attached hydrogens (tertiary/aromatic N) is 2. The Hall–Kier alpha value is -1.03. The van der Waals surface area contributed by atoms with Crippen LogP contribution in [0.25, 0.3) is 0 Å². The molecule has 4 heteroatoms.